The summed E-state index contributed by atoms with van der Waals surface area (Å²) in [5, 5.41) is 4.22. The van der Waals surface area contributed by atoms with Crippen LogP contribution in [0.5, 0.6) is 5.75 Å². The smallest absolute Gasteiger partial charge is 0.258 e. The van der Waals surface area contributed by atoms with Crippen molar-refractivity contribution in [2.75, 3.05) is 20.2 Å². The number of ether oxygens (including phenoxy) is 1. The van der Waals surface area contributed by atoms with Crippen molar-refractivity contribution >= 4 is 0 Å². The summed E-state index contributed by atoms with van der Waals surface area (Å²) in [7, 11) is 1.67. The van der Waals surface area contributed by atoms with Gasteiger partial charge in [0.15, 0.2) is 5.82 Å². The van der Waals surface area contributed by atoms with Crippen LogP contribution in [0.25, 0.3) is 11.5 Å². The van der Waals surface area contributed by atoms with Crippen LogP contribution in [0.4, 0.5) is 0 Å². The van der Waals surface area contributed by atoms with Gasteiger partial charge in [0.05, 0.1) is 7.11 Å². The molecule has 0 radical (unpaired) electrons. The number of nitrogens with zero attached hydrogens (tertiary/aromatic N) is 3. The van der Waals surface area contributed by atoms with E-state index in [0.29, 0.717) is 17.9 Å². The minimum atomic E-state index is 0.398. The van der Waals surface area contributed by atoms with Crippen LogP contribution >= 0.6 is 0 Å². The van der Waals surface area contributed by atoms with Gasteiger partial charge in [-0.2, -0.15) is 4.98 Å². The summed E-state index contributed by atoms with van der Waals surface area (Å²) in [6.45, 7) is 8.72. The molecule has 2 heterocycles. The molecule has 1 aromatic carbocycles. The van der Waals surface area contributed by atoms with Crippen LogP contribution in [0, 0.1) is 6.92 Å². The van der Waals surface area contributed by atoms with E-state index in [2.05, 4.69) is 28.9 Å². The number of methoxy groups -OCH3 is 1. The largest absolute Gasteiger partial charge is 0.496 e. The maximum absolute atomic E-state index is 5.49. The zero-order chi connectivity index (χ0) is 16.4. The Balaban J connectivity index is 1.74. The van der Waals surface area contributed by atoms with Crippen LogP contribution in [0.3, 0.4) is 0 Å². The lowest BCUT2D eigenvalue weighted by atomic mass is 9.95. The molecule has 0 spiro atoms. The third-order valence-electron chi connectivity index (χ3n) is 4.72. The second kappa shape index (κ2) is 6.71. The molecule has 0 unspecified atom stereocenters. The Morgan fingerprint density at radius 2 is 2.00 bits per heavy atom. The Morgan fingerprint density at radius 1 is 1.26 bits per heavy atom. The van der Waals surface area contributed by atoms with Crippen LogP contribution in [-0.4, -0.2) is 41.3 Å². The van der Waals surface area contributed by atoms with E-state index in [1.165, 1.54) is 0 Å². The Bertz CT molecular complexity index is 658. The number of benzene rings is 1. The van der Waals surface area contributed by atoms with Gasteiger partial charge in [-0.1, -0.05) is 11.2 Å². The zero-order valence-corrected chi connectivity index (χ0v) is 14.4. The second-order valence-electron chi connectivity index (χ2n) is 6.55. The summed E-state index contributed by atoms with van der Waals surface area (Å²) in [5.74, 6) is 2.65. The quantitative estimate of drug-likeness (QED) is 0.862. The van der Waals surface area contributed by atoms with Crippen LogP contribution in [-0.2, 0) is 0 Å². The highest BCUT2D eigenvalue weighted by molar-refractivity contribution is 5.57. The Labute approximate surface area is 137 Å². The van der Waals surface area contributed by atoms with Crippen molar-refractivity contribution in [2.45, 2.75) is 45.6 Å². The molecule has 0 aliphatic carbocycles. The maximum Gasteiger partial charge on any atom is 0.258 e. The molecule has 124 valence electrons. The van der Waals surface area contributed by atoms with E-state index in [4.69, 9.17) is 9.26 Å². The molecule has 0 saturated carbocycles. The van der Waals surface area contributed by atoms with Gasteiger partial charge in [-0.3, -0.25) is 0 Å². The SMILES string of the molecule is COc1cc(-c2nc(C3CCN(C(C)C)CC3)no2)ccc1C. The van der Waals surface area contributed by atoms with Gasteiger partial charge in [-0.15, -0.1) is 0 Å². The van der Waals surface area contributed by atoms with E-state index in [-0.39, 0.29) is 0 Å². The van der Waals surface area contributed by atoms with E-state index in [1.807, 2.05) is 25.1 Å². The molecule has 0 atom stereocenters. The van der Waals surface area contributed by atoms with Crippen LogP contribution in [0.2, 0.25) is 0 Å². The lowest BCUT2D eigenvalue weighted by molar-refractivity contribution is 0.168. The Hall–Kier alpha value is -1.88. The molecular weight excluding hydrogens is 290 g/mol. The van der Waals surface area contributed by atoms with Gasteiger partial charge in [-0.05, 0) is 64.4 Å². The number of piperidine rings is 1. The number of aryl methyl sites for hydroxylation is 1. The first-order valence-electron chi connectivity index (χ1n) is 8.31. The van der Waals surface area contributed by atoms with Gasteiger partial charge in [0.2, 0.25) is 0 Å². The normalized spacial score (nSPS) is 16.9. The molecule has 1 saturated heterocycles. The number of likely N-dealkylation sites (tertiary alicyclic amines) is 1. The predicted octanol–water partition coefficient (Wildman–Crippen LogP) is 3.64. The molecule has 5 nitrogen and oxygen atoms in total. The lowest BCUT2D eigenvalue weighted by Crippen LogP contribution is -2.38. The molecule has 1 fully saturated rings. The second-order valence-corrected chi connectivity index (χ2v) is 6.55. The average molecular weight is 315 g/mol. The van der Waals surface area contributed by atoms with E-state index in [0.717, 1.165) is 48.6 Å². The van der Waals surface area contributed by atoms with Crippen molar-refractivity contribution in [1.29, 1.82) is 0 Å². The third-order valence-corrected chi connectivity index (χ3v) is 4.72. The average Bonchev–Trinajstić information content (AvgIpc) is 3.05. The minimum Gasteiger partial charge on any atom is -0.496 e. The van der Waals surface area contributed by atoms with Crippen molar-refractivity contribution in [3.05, 3.63) is 29.6 Å². The van der Waals surface area contributed by atoms with Crippen LogP contribution in [0.15, 0.2) is 22.7 Å². The van der Waals surface area contributed by atoms with Crippen LogP contribution in [0.1, 0.15) is 44.0 Å². The predicted molar refractivity (Wildman–Crippen MR) is 89.7 cm³/mol. The van der Waals surface area contributed by atoms with Crippen molar-refractivity contribution in [3.8, 4) is 17.2 Å². The van der Waals surface area contributed by atoms with Crippen molar-refractivity contribution < 1.29 is 9.26 Å². The number of rotatable bonds is 4. The summed E-state index contributed by atoms with van der Waals surface area (Å²) in [6, 6.07) is 6.57. The van der Waals surface area contributed by atoms with Crippen molar-refractivity contribution in [1.82, 2.24) is 15.0 Å². The zero-order valence-electron chi connectivity index (χ0n) is 14.4. The van der Waals surface area contributed by atoms with Crippen molar-refractivity contribution in [2.24, 2.45) is 0 Å². The molecule has 0 N–H and O–H groups in total. The highest BCUT2D eigenvalue weighted by Gasteiger charge is 2.25. The van der Waals surface area contributed by atoms with Gasteiger partial charge >= 0.3 is 0 Å². The van der Waals surface area contributed by atoms with Crippen molar-refractivity contribution in [3.63, 3.8) is 0 Å². The Kier molecular flexibility index (Phi) is 4.66. The molecule has 0 bridgehead atoms. The molecule has 3 rings (SSSR count). The molecule has 1 aliphatic heterocycles. The molecule has 5 heteroatoms. The van der Waals surface area contributed by atoms with Gasteiger partial charge in [-0.25, -0.2) is 0 Å². The molecule has 1 aliphatic rings. The third kappa shape index (κ3) is 3.39. The standard InChI is InChI=1S/C18H25N3O2/c1-12(2)21-9-7-14(8-10-21)17-19-18(23-20-17)15-6-5-13(3)16(11-15)22-4/h5-6,11-12,14H,7-10H2,1-4H3. The summed E-state index contributed by atoms with van der Waals surface area (Å²) < 4.78 is 10.9. The first kappa shape index (κ1) is 16.0. The first-order valence-corrected chi connectivity index (χ1v) is 8.31. The van der Waals surface area contributed by atoms with Gasteiger partial charge in [0, 0.05) is 17.5 Å². The summed E-state index contributed by atoms with van der Waals surface area (Å²) in [4.78, 5) is 7.13. The molecule has 1 aromatic heterocycles. The van der Waals surface area contributed by atoms with E-state index in [9.17, 15) is 0 Å². The monoisotopic (exact) mass is 315 g/mol. The fourth-order valence-corrected chi connectivity index (χ4v) is 3.15. The topological polar surface area (TPSA) is 51.4 Å². The highest BCUT2D eigenvalue weighted by Crippen LogP contribution is 2.30. The number of hydrogen-bond donors (Lipinski definition) is 0. The lowest BCUT2D eigenvalue weighted by Gasteiger charge is -2.33. The molecule has 23 heavy (non-hydrogen) atoms. The Morgan fingerprint density at radius 3 is 2.65 bits per heavy atom. The summed E-state index contributed by atoms with van der Waals surface area (Å²) in [6.07, 6.45) is 2.18. The summed E-state index contributed by atoms with van der Waals surface area (Å²) in [5.41, 5.74) is 2.00. The number of aromatic nitrogens is 2. The summed E-state index contributed by atoms with van der Waals surface area (Å²) >= 11 is 0. The van der Waals surface area contributed by atoms with Gasteiger partial charge < -0.3 is 14.2 Å². The minimum absolute atomic E-state index is 0.398. The molecule has 0 amide bonds. The van der Waals surface area contributed by atoms with Crippen LogP contribution < -0.4 is 4.74 Å². The maximum atomic E-state index is 5.49. The van der Waals surface area contributed by atoms with E-state index >= 15 is 0 Å². The van der Waals surface area contributed by atoms with E-state index in [1.54, 1.807) is 7.11 Å². The van der Waals surface area contributed by atoms with Gasteiger partial charge in [0.25, 0.3) is 5.89 Å². The fourth-order valence-electron chi connectivity index (χ4n) is 3.15. The molecule has 2 aromatic rings. The van der Waals surface area contributed by atoms with Gasteiger partial charge in [0.1, 0.15) is 5.75 Å². The van der Waals surface area contributed by atoms with E-state index < -0.39 is 0 Å². The first-order chi connectivity index (χ1) is 11.1. The fraction of sp³-hybridized carbons (Fsp3) is 0.556. The number of hydrogen-bond acceptors (Lipinski definition) is 5. The highest BCUT2D eigenvalue weighted by atomic mass is 16.5. The molecular formula is C18H25N3O2.